The van der Waals surface area contributed by atoms with E-state index in [1.54, 1.807) is 0 Å². The number of rotatable bonds is 2. The van der Waals surface area contributed by atoms with Gasteiger partial charge in [-0.1, -0.05) is 36.8 Å². The molecule has 16 heavy (non-hydrogen) atoms. The molecule has 2 heteroatoms. The second kappa shape index (κ2) is 4.28. The molecule has 0 radical (unpaired) electrons. The number of hydrogen-bond acceptors (Lipinski definition) is 1. The Labute approximate surface area is 96.3 Å². The zero-order valence-electron chi connectivity index (χ0n) is 9.65. The first-order valence-corrected chi connectivity index (χ1v) is 5.90. The molecule has 0 aromatic heterocycles. The first-order valence-electron chi connectivity index (χ1n) is 5.90. The fraction of sp³-hybridized carbons (Fsp3) is 0.500. The van der Waals surface area contributed by atoms with Crippen LogP contribution in [0.25, 0.3) is 0 Å². The Kier molecular flexibility index (Phi) is 2.99. The lowest BCUT2D eigenvalue weighted by molar-refractivity contribution is -0.150. The molecule has 0 aliphatic heterocycles. The largest absolute Gasteiger partial charge is 0.481 e. The lowest BCUT2D eigenvalue weighted by Crippen LogP contribution is -2.32. The van der Waals surface area contributed by atoms with Gasteiger partial charge < -0.3 is 5.11 Å². The SMILES string of the molecule is C[C@]1(C(=O)O)CCC[C@H](c2ccccc2)C1. The fourth-order valence-electron chi connectivity index (χ4n) is 2.69. The molecule has 2 nitrogen and oxygen atoms in total. The Morgan fingerprint density at radius 1 is 1.38 bits per heavy atom. The van der Waals surface area contributed by atoms with E-state index in [1.807, 2.05) is 25.1 Å². The molecule has 0 amide bonds. The average molecular weight is 218 g/mol. The molecule has 1 aromatic carbocycles. The highest BCUT2D eigenvalue weighted by atomic mass is 16.4. The van der Waals surface area contributed by atoms with Gasteiger partial charge in [-0.25, -0.2) is 0 Å². The van der Waals surface area contributed by atoms with E-state index in [4.69, 9.17) is 0 Å². The molecule has 86 valence electrons. The Hall–Kier alpha value is -1.31. The summed E-state index contributed by atoms with van der Waals surface area (Å²) in [5.74, 6) is -0.232. The highest BCUT2D eigenvalue weighted by molar-refractivity contribution is 5.74. The first kappa shape index (κ1) is 11.2. The van der Waals surface area contributed by atoms with E-state index in [0.29, 0.717) is 5.92 Å². The summed E-state index contributed by atoms with van der Waals surface area (Å²) in [7, 11) is 0. The van der Waals surface area contributed by atoms with Crippen molar-refractivity contribution in [1.29, 1.82) is 0 Å². The van der Waals surface area contributed by atoms with Gasteiger partial charge in [-0.05, 0) is 37.7 Å². The second-order valence-corrected chi connectivity index (χ2v) is 5.07. The van der Waals surface area contributed by atoms with E-state index in [-0.39, 0.29) is 0 Å². The van der Waals surface area contributed by atoms with Crippen molar-refractivity contribution in [2.24, 2.45) is 5.41 Å². The summed E-state index contributed by atoms with van der Waals surface area (Å²) in [5, 5.41) is 9.26. The summed E-state index contributed by atoms with van der Waals surface area (Å²) in [5.41, 5.74) is 0.758. The maximum absolute atomic E-state index is 11.3. The summed E-state index contributed by atoms with van der Waals surface area (Å²) in [6.45, 7) is 1.88. The minimum Gasteiger partial charge on any atom is -0.481 e. The van der Waals surface area contributed by atoms with E-state index in [0.717, 1.165) is 25.7 Å². The number of benzene rings is 1. The van der Waals surface area contributed by atoms with Crippen molar-refractivity contribution < 1.29 is 9.90 Å². The number of carbonyl (C=O) groups is 1. The van der Waals surface area contributed by atoms with Crippen LogP contribution in [0.1, 0.15) is 44.1 Å². The highest BCUT2D eigenvalue weighted by Gasteiger charge is 2.38. The standard InChI is InChI=1S/C14H18O2/c1-14(13(15)16)9-5-8-12(10-14)11-6-3-2-4-7-11/h2-4,6-7,12H,5,8-10H2,1H3,(H,15,16)/t12-,14-/m0/s1. The molecule has 1 aliphatic rings. The van der Waals surface area contributed by atoms with Crippen LogP contribution in [-0.2, 0) is 4.79 Å². The molecule has 1 saturated carbocycles. The van der Waals surface area contributed by atoms with Crippen molar-refractivity contribution in [3.05, 3.63) is 35.9 Å². The van der Waals surface area contributed by atoms with Crippen LogP contribution in [0.2, 0.25) is 0 Å². The van der Waals surface area contributed by atoms with Gasteiger partial charge >= 0.3 is 5.97 Å². The fourth-order valence-corrected chi connectivity index (χ4v) is 2.69. The minimum atomic E-state index is -0.645. The number of aliphatic carboxylic acids is 1. The number of carboxylic acids is 1. The Morgan fingerprint density at radius 3 is 2.69 bits per heavy atom. The van der Waals surface area contributed by atoms with Gasteiger partial charge in [0.1, 0.15) is 0 Å². The first-order chi connectivity index (χ1) is 7.62. The lowest BCUT2D eigenvalue weighted by Gasteiger charge is -2.35. The summed E-state index contributed by atoms with van der Waals surface area (Å²) in [6.07, 6.45) is 3.72. The monoisotopic (exact) mass is 218 g/mol. The zero-order chi connectivity index (χ0) is 11.6. The summed E-state index contributed by atoms with van der Waals surface area (Å²) >= 11 is 0. The van der Waals surface area contributed by atoms with Crippen LogP contribution in [0.15, 0.2) is 30.3 Å². The molecule has 1 N–H and O–H groups in total. The van der Waals surface area contributed by atoms with Gasteiger partial charge in [-0.15, -0.1) is 0 Å². The van der Waals surface area contributed by atoms with Gasteiger partial charge in [0.2, 0.25) is 0 Å². The van der Waals surface area contributed by atoms with E-state index in [1.165, 1.54) is 5.56 Å². The molecule has 1 aromatic rings. The van der Waals surface area contributed by atoms with Gasteiger partial charge in [-0.3, -0.25) is 4.79 Å². The molecule has 2 atom stereocenters. The molecule has 1 aliphatic carbocycles. The van der Waals surface area contributed by atoms with E-state index < -0.39 is 11.4 Å². The van der Waals surface area contributed by atoms with Crippen molar-refractivity contribution in [3.8, 4) is 0 Å². The van der Waals surface area contributed by atoms with E-state index in [9.17, 15) is 9.90 Å². The molecule has 0 unspecified atom stereocenters. The van der Waals surface area contributed by atoms with Crippen LogP contribution in [0, 0.1) is 5.41 Å². The van der Waals surface area contributed by atoms with Crippen LogP contribution in [-0.4, -0.2) is 11.1 Å². The highest BCUT2D eigenvalue weighted by Crippen LogP contribution is 2.43. The maximum Gasteiger partial charge on any atom is 0.309 e. The molecule has 0 bridgehead atoms. The maximum atomic E-state index is 11.3. The van der Waals surface area contributed by atoms with Crippen LogP contribution >= 0.6 is 0 Å². The molecule has 1 fully saturated rings. The van der Waals surface area contributed by atoms with Crippen molar-refractivity contribution >= 4 is 5.97 Å². The Bertz CT molecular complexity index is 372. The average Bonchev–Trinajstić information content (AvgIpc) is 2.30. The van der Waals surface area contributed by atoms with Crippen LogP contribution in [0.3, 0.4) is 0 Å². The molecular weight excluding hydrogens is 200 g/mol. The predicted octanol–water partition coefficient (Wildman–Crippen LogP) is 3.44. The molecular formula is C14H18O2. The van der Waals surface area contributed by atoms with Gasteiger partial charge in [-0.2, -0.15) is 0 Å². The van der Waals surface area contributed by atoms with Crippen molar-refractivity contribution in [1.82, 2.24) is 0 Å². The number of hydrogen-bond donors (Lipinski definition) is 1. The van der Waals surface area contributed by atoms with Gasteiger partial charge in [0.15, 0.2) is 0 Å². The Balaban J connectivity index is 2.17. The third-order valence-electron chi connectivity index (χ3n) is 3.77. The van der Waals surface area contributed by atoms with E-state index in [2.05, 4.69) is 12.1 Å². The smallest absolute Gasteiger partial charge is 0.309 e. The number of carboxylic acid groups (broad SMARTS) is 1. The van der Waals surface area contributed by atoms with Crippen molar-refractivity contribution in [2.45, 2.75) is 38.5 Å². The second-order valence-electron chi connectivity index (χ2n) is 5.07. The van der Waals surface area contributed by atoms with Gasteiger partial charge in [0, 0.05) is 0 Å². The minimum absolute atomic E-state index is 0.413. The predicted molar refractivity (Wildman–Crippen MR) is 63.4 cm³/mol. The molecule has 0 saturated heterocycles. The molecule has 2 rings (SSSR count). The van der Waals surface area contributed by atoms with Crippen LogP contribution in [0.5, 0.6) is 0 Å². The Morgan fingerprint density at radius 2 is 2.06 bits per heavy atom. The lowest BCUT2D eigenvalue weighted by atomic mass is 9.69. The van der Waals surface area contributed by atoms with Crippen LogP contribution < -0.4 is 0 Å². The third-order valence-corrected chi connectivity index (χ3v) is 3.77. The quantitative estimate of drug-likeness (QED) is 0.825. The summed E-state index contributed by atoms with van der Waals surface area (Å²) in [4.78, 5) is 11.3. The summed E-state index contributed by atoms with van der Waals surface area (Å²) < 4.78 is 0. The zero-order valence-corrected chi connectivity index (χ0v) is 9.65. The van der Waals surface area contributed by atoms with Crippen molar-refractivity contribution in [3.63, 3.8) is 0 Å². The van der Waals surface area contributed by atoms with Crippen molar-refractivity contribution in [2.75, 3.05) is 0 Å². The molecule has 0 spiro atoms. The van der Waals surface area contributed by atoms with Gasteiger partial charge in [0.05, 0.1) is 5.41 Å². The third kappa shape index (κ3) is 2.11. The normalized spacial score (nSPS) is 29.9. The molecule has 0 heterocycles. The topological polar surface area (TPSA) is 37.3 Å². The van der Waals surface area contributed by atoms with E-state index >= 15 is 0 Å². The summed E-state index contributed by atoms with van der Waals surface area (Å²) in [6, 6.07) is 10.3. The van der Waals surface area contributed by atoms with Gasteiger partial charge in [0.25, 0.3) is 0 Å². The van der Waals surface area contributed by atoms with Crippen LogP contribution in [0.4, 0.5) is 0 Å².